The van der Waals surface area contributed by atoms with Crippen LogP contribution in [0, 0.1) is 21.4 Å². The Hall–Kier alpha value is -2.39. The van der Waals surface area contributed by atoms with Crippen LogP contribution in [0.25, 0.3) is 0 Å². The summed E-state index contributed by atoms with van der Waals surface area (Å²) in [5.74, 6) is 0. The molecular formula is C15H12BrN3O2. The Bertz CT molecular complexity index is 725. The molecule has 0 saturated heterocycles. The van der Waals surface area contributed by atoms with Crippen molar-refractivity contribution in [1.29, 1.82) is 5.26 Å². The van der Waals surface area contributed by atoms with Crippen molar-refractivity contribution < 1.29 is 4.92 Å². The van der Waals surface area contributed by atoms with Gasteiger partial charge in [0.05, 0.1) is 28.2 Å². The van der Waals surface area contributed by atoms with Crippen molar-refractivity contribution in [3.05, 3.63) is 68.2 Å². The highest BCUT2D eigenvalue weighted by Crippen LogP contribution is 2.30. The van der Waals surface area contributed by atoms with Crippen LogP contribution in [0.4, 0.5) is 11.4 Å². The molecule has 0 aliphatic heterocycles. The Morgan fingerprint density at radius 1 is 1.33 bits per heavy atom. The van der Waals surface area contributed by atoms with Gasteiger partial charge in [0, 0.05) is 16.2 Å². The van der Waals surface area contributed by atoms with Crippen LogP contribution in [0.1, 0.15) is 24.1 Å². The maximum Gasteiger partial charge on any atom is 0.274 e. The predicted molar refractivity (Wildman–Crippen MR) is 84.0 cm³/mol. The molecule has 1 atom stereocenters. The SMILES string of the molecule is CC(Nc1ccc(C#N)cc1Br)c1ccccc1[N+](=O)[O-]. The average Bonchev–Trinajstić information content (AvgIpc) is 2.49. The molecule has 106 valence electrons. The van der Waals surface area contributed by atoms with Gasteiger partial charge in [-0.1, -0.05) is 18.2 Å². The first-order valence-corrected chi connectivity index (χ1v) is 7.01. The summed E-state index contributed by atoms with van der Waals surface area (Å²) in [5, 5.41) is 23.1. The van der Waals surface area contributed by atoms with Gasteiger partial charge in [0.1, 0.15) is 0 Å². The first-order valence-electron chi connectivity index (χ1n) is 6.22. The zero-order valence-corrected chi connectivity index (χ0v) is 12.8. The first-order chi connectivity index (χ1) is 10.0. The minimum Gasteiger partial charge on any atom is -0.377 e. The third kappa shape index (κ3) is 3.38. The van der Waals surface area contributed by atoms with Crippen LogP contribution in [-0.4, -0.2) is 4.92 Å². The summed E-state index contributed by atoms with van der Waals surface area (Å²) in [4.78, 5) is 10.7. The molecule has 0 saturated carbocycles. The molecule has 21 heavy (non-hydrogen) atoms. The van der Waals surface area contributed by atoms with Crippen LogP contribution in [-0.2, 0) is 0 Å². The summed E-state index contributed by atoms with van der Waals surface area (Å²) in [6, 6.07) is 13.6. The third-order valence-electron chi connectivity index (χ3n) is 3.07. The van der Waals surface area contributed by atoms with Gasteiger partial charge in [-0.2, -0.15) is 5.26 Å². The summed E-state index contributed by atoms with van der Waals surface area (Å²) in [6.45, 7) is 1.85. The predicted octanol–water partition coefficient (Wildman–Crippen LogP) is 4.40. The van der Waals surface area contributed by atoms with E-state index in [2.05, 4.69) is 27.3 Å². The molecule has 1 N–H and O–H groups in total. The number of anilines is 1. The highest BCUT2D eigenvalue weighted by molar-refractivity contribution is 9.10. The number of para-hydroxylation sites is 1. The number of halogens is 1. The Labute approximate surface area is 130 Å². The molecule has 0 aliphatic rings. The number of hydrogen-bond acceptors (Lipinski definition) is 4. The van der Waals surface area contributed by atoms with Crippen molar-refractivity contribution in [2.45, 2.75) is 13.0 Å². The van der Waals surface area contributed by atoms with E-state index in [4.69, 9.17) is 5.26 Å². The summed E-state index contributed by atoms with van der Waals surface area (Å²) in [7, 11) is 0. The van der Waals surface area contributed by atoms with Crippen molar-refractivity contribution >= 4 is 27.3 Å². The van der Waals surface area contributed by atoms with E-state index in [-0.39, 0.29) is 16.7 Å². The molecule has 0 amide bonds. The fraction of sp³-hybridized carbons (Fsp3) is 0.133. The maximum atomic E-state index is 11.1. The van der Waals surface area contributed by atoms with E-state index < -0.39 is 0 Å². The normalized spacial score (nSPS) is 11.5. The lowest BCUT2D eigenvalue weighted by Gasteiger charge is -2.17. The molecule has 0 aromatic heterocycles. The van der Waals surface area contributed by atoms with Crippen LogP contribution in [0.3, 0.4) is 0 Å². The number of hydrogen-bond donors (Lipinski definition) is 1. The third-order valence-corrected chi connectivity index (χ3v) is 3.73. The van der Waals surface area contributed by atoms with Crippen molar-refractivity contribution in [2.75, 3.05) is 5.32 Å². The van der Waals surface area contributed by atoms with E-state index in [0.29, 0.717) is 11.1 Å². The van der Waals surface area contributed by atoms with Crippen LogP contribution in [0.5, 0.6) is 0 Å². The van der Waals surface area contributed by atoms with Crippen molar-refractivity contribution in [3.63, 3.8) is 0 Å². The second kappa shape index (κ2) is 6.37. The molecule has 1 unspecified atom stereocenters. The van der Waals surface area contributed by atoms with Gasteiger partial charge in [-0.15, -0.1) is 0 Å². The number of nitrogens with zero attached hydrogens (tertiary/aromatic N) is 2. The quantitative estimate of drug-likeness (QED) is 0.657. The largest absolute Gasteiger partial charge is 0.377 e. The van der Waals surface area contributed by atoms with E-state index in [1.54, 1.807) is 36.4 Å². The monoisotopic (exact) mass is 345 g/mol. The van der Waals surface area contributed by atoms with Gasteiger partial charge >= 0.3 is 0 Å². The molecule has 0 bridgehead atoms. The van der Waals surface area contributed by atoms with E-state index in [1.807, 2.05) is 6.92 Å². The van der Waals surface area contributed by atoms with Crippen LogP contribution in [0.15, 0.2) is 46.9 Å². The summed E-state index contributed by atoms with van der Waals surface area (Å²) < 4.78 is 0.743. The van der Waals surface area contributed by atoms with Gasteiger partial charge in [-0.25, -0.2) is 0 Å². The van der Waals surface area contributed by atoms with E-state index in [0.717, 1.165) is 10.2 Å². The van der Waals surface area contributed by atoms with Crippen LogP contribution >= 0.6 is 15.9 Å². The minimum absolute atomic E-state index is 0.0854. The molecule has 0 fully saturated rings. The van der Waals surface area contributed by atoms with Crippen LogP contribution < -0.4 is 5.32 Å². The topological polar surface area (TPSA) is 79.0 Å². The number of benzene rings is 2. The van der Waals surface area contributed by atoms with Gasteiger partial charge in [0.15, 0.2) is 0 Å². The summed E-state index contributed by atoms with van der Waals surface area (Å²) in [6.07, 6.45) is 0. The summed E-state index contributed by atoms with van der Waals surface area (Å²) in [5.41, 5.74) is 2.02. The van der Waals surface area contributed by atoms with E-state index in [9.17, 15) is 10.1 Å². The van der Waals surface area contributed by atoms with Gasteiger partial charge in [-0.3, -0.25) is 10.1 Å². The Balaban J connectivity index is 2.29. The molecule has 2 aromatic carbocycles. The zero-order valence-electron chi connectivity index (χ0n) is 11.2. The van der Waals surface area contributed by atoms with Crippen molar-refractivity contribution in [2.24, 2.45) is 0 Å². The lowest BCUT2D eigenvalue weighted by atomic mass is 10.1. The Morgan fingerprint density at radius 3 is 2.67 bits per heavy atom. The number of rotatable bonds is 4. The van der Waals surface area contributed by atoms with Gasteiger partial charge in [0.2, 0.25) is 0 Å². The fourth-order valence-corrected chi connectivity index (χ4v) is 2.53. The number of nitro groups is 1. The van der Waals surface area contributed by atoms with Gasteiger partial charge in [-0.05, 0) is 41.1 Å². The van der Waals surface area contributed by atoms with Crippen LogP contribution in [0.2, 0.25) is 0 Å². The van der Waals surface area contributed by atoms with Crippen molar-refractivity contribution in [1.82, 2.24) is 0 Å². The molecule has 0 aliphatic carbocycles. The van der Waals surface area contributed by atoms with Gasteiger partial charge in [0.25, 0.3) is 5.69 Å². The minimum atomic E-state index is -0.388. The smallest absolute Gasteiger partial charge is 0.274 e. The first kappa shape index (κ1) is 15.0. The lowest BCUT2D eigenvalue weighted by Crippen LogP contribution is -2.09. The number of nitrogens with one attached hydrogen (secondary N) is 1. The number of nitro benzene ring substituents is 1. The van der Waals surface area contributed by atoms with Crippen molar-refractivity contribution in [3.8, 4) is 6.07 Å². The van der Waals surface area contributed by atoms with E-state index in [1.165, 1.54) is 6.07 Å². The second-order valence-corrected chi connectivity index (χ2v) is 5.34. The molecule has 0 radical (unpaired) electrons. The molecule has 0 heterocycles. The molecule has 5 nitrogen and oxygen atoms in total. The summed E-state index contributed by atoms with van der Waals surface area (Å²) >= 11 is 3.39. The van der Waals surface area contributed by atoms with Gasteiger partial charge < -0.3 is 5.32 Å². The van der Waals surface area contributed by atoms with E-state index >= 15 is 0 Å². The fourth-order valence-electron chi connectivity index (χ4n) is 2.03. The maximum absolute atomic E-state index is 11.1. The lowest BCUT2D eigenvalue weighted by molar-refractivity contribution is -0.385. The Kier molecular flexibility index (Phi) is 4.55. The standard InChI is InChI=1S/C15H12BrN3O2/c1-10(12-4-2-3-5-15(12)19(20)21)18-14-7-6-11(9-17)8-13(14)16/h2-8,10,18H,1H3. The number of nitriles is 1. The highest BCUT2D eigenvalue weighted by Gasteiger charge is 2.18. The second-order valence-electron chi connectivity index (χ2n) is 4.49. The molecular weight excluding hydrogens is 334 g/mol. The average molecular weight is 346 g/mol. The molecule has 6 heteroatoms. The highest BCUT2D eigenvalue weighted by atomic mass is 79.9. The Morgan fingerprint density at radius 2 is 2.05 bits per heavy atom. The zero-order chi connectivity index (χ0) is 15.4. The molecule has 0 spiro atoms. The molecule has 2 rings (SSSR count). The molecule has 2 aromatic rings.